The first-order valence-corrected chi connectivity index (χ1v) is 8.22. The number of aromatic nitrogens is 2. The van der Waals surface area contributed by atoms with Crippen molar-refractivity contribution in [3.8, 4) is 0 Å². The highest BCUT2D eigenvalue weighted by atomic mass is 31.2. The van der Waals surface area contributed by atoms with Gasteiger partial charge in [0.2, 0.25) is 0 Å². The summed E-state index contributed by atoms with van der Waals surface area (Å²) in [5, 5.41) is 0. The molecule has 2 rings (SSSR count). The van der Waals surface area contributed by atoms with Crippen molar-refractivity contribution < 1.29 is 18.7 Å². The highest BCUT2D eigenvalue weighted by Gasteiger charge is 2.20. The van der Waals surface area contributed by atoms with E-state index in [1.165, 1.54) is 6.33 Å². The van der Waals surface area contributed by atoms with E-state index in [0.29, 0.717) is 30.4 Å². The fraction of sp³-hybridized carbons (Fsp3) is 0.545. The van der Waals surface area contributed by atoms with Crippen LogP contribution in [-0.4, -0.2) is 53.7 Å². The summed E-state index contributed by atoms with van der Waals surface area (Å²) < 4.78 is 21.4. The van der Waals surface area contributed by atoms with Gasteiger partial charge < -0.3 is 24.8 Å². The maximum Gasteiger partial charge on any atom is 0.353 e. The summed E-state index contributed by atoms with van der Waals surface area (Å²) >= 11 is 0. The van der Waals surface area contributed by atoms with Gasteiger partial charge in [-0.15, -0.1) is 0 Å². The Balaban J connectivity index is 1.87. The molecular weight excluding hydrogens is 297 g/mol. The Morgan fingerprint density at radius 1 is 1.52 bits per heavy atom. The molecule has 1 aliphatic heterocycles. The quantitative estimate of drug-likeness (QED) is 0.559. The highest BCUT2D eigenvalue weighted by Crippen LogP contribution is 2.41. The van der Waals surface area contributed by atoms with Crippen LogP contribution in [0, 0.1) is 0 Å². The van der Waals surface area contributed by atoms with Gasteiger partial charge in [-0.25, -0.2) is 9.97 Å². The zero-order valence-corrected chi connectivity index (χ0v) is 12.6. The molecule has 1 unspecified atom stereocenters. The Bertz CT molecular complexity index is 568. The molecule has 116 valence electrons. The lowest BCUT2D eigenvalue weighted by molar-refractivity contribution is 0.151. The lowest BCUT2D eigenvalue weighted by atomic mass is 10.3. The van der Waals surface area contributed by atoms with Crippen molar-refractivity contribution in [3.05, 3.63) is 6.33 Å². The van der Waals surface area contributed by atoms with E-state index in [1.807, 2.05) is 4.90 Å². The Morgan fingerprint density at radius 3 is 3.10 bits per heavy atom. The summed E-state index contributed by atoms with van der Waals surface area (Å²) in [6, 6.07) is 0. The molecule has 0 saturated carbocycles. The third kappa shape index (κ3) is 4.21. The van der Waals surface area contributed by atoms with E-state index in [-0.39, 0.29) is 19.6 Å². The third-order valence-electron chi connectivity index (χ3n) is 2.74. The molecule has 1 aromatic rings. The van der Waals surface area contributed by atoms with Crippen LogP contribution in [0.1, 0.15) is 6.92 Å². The average Bonchev–Trinajstić information content (AvgIpc) is 2.44. The molecule has 0 radical (unpaired) electrons. The number of fused-ring (bicyclic) bond motifs is 1. The Kier molecular flexibility index (Phi) is 5.24. The van der Waals surface area contributed by atoms with Gasteiger partial charge in [-0.05, 0) is 6.92 Å². The van der Waals surface area contributed by atoms with Crippen LogP contribution in [0.2, 0.25) is 0 Å². The maximum atomic E-state index is 11.4. The monoisotopic (exact) mass is 315 g/mol. The number of nitrogens with two attached hydrogens (primary N) is 1. The second kappa shape index (κ2) is 6.95. The molecule has 9 nitrogen and oxygen atoms in total. The van der Waals surface area contributed by atoms with Crippen molar-refractivity contribution in [1.29, 1.82) is 0 Å². The molecule has 1 aromatic heterocycles. The van der Waals surface area contributed by atoms with E-state index in [2.05, 4.69) is 15.0 Å². The van der Waals surface area contributed by atoms with Crippen LogP contribution in [0.25, 0.3) is 0 Å². The lowest BCUT2D eigenvalue weighted by Crippen LogP contribution is -2.32. The summed E-state index contributed by atoms with van der Waals surface area (Å²) in [6.45, 7) is 3.13. The summed E-state index contributed by atoms with van der Waals surface area (Å²) in [4.78, 5) is 23.5. The molecule has 10 heteroatoms. The summed E-state index contributed by atoms with van der Waals surface area (Å²) in [5.74, 6) is 0.948. The van der Waals surface area contributed by atoms with Gasteiger partial charge in [-0.3, -0.25) is 9.56 Å². The normalized spacial score (nSPS) is 16.6. The first-order valence-electron chi connectivity index (χ1n) is 6.45. The second-order valence-electron chi connectivity index (χ2n) is 4.28. The summed E-state index contributed by atoms with van der Waals surface area (Å²) in [5.41, 5.74) is 6.27. The molecule has 0 aromatic carbocycles. The van der Waals surface area contributed by atoms with Gasteiger partial charge in [0, 0.05) is 12.8 Å². The van der Waals surface area contributed by atoms with Crippen LogP contribution in [0.4, 0.5) is 17.3 Å². The molecule has 2 heterocycles. The van der Waals surface area contributed by atoms with E-state index >= 15 is 0 Å². The number of ether oxygens (including phenoxy) is 1. The van der Waals surface area contributed by atoms with E-state index in [0.717, 1.165) is 0 Å². The topological polar surface area (TPSA) is 123 Å². The minimum atomic E-state index is -3.65. The molecule has 1 aliphatic rings. The van der Waals surface area contributed by atoms with Crippen molar-refractivity contribution in [2.24, 2.45) is 4.99 Å². The van der Waals surface area contributed by atoms with Crippen molar-refractivity contribution >= 4 is 31.1 Å². The number of anilines is 2. The van der Waals surface area contributed by atoms with Gasteiger partial charge in [0.25, 0.3) is 0 Å². The zero-order valence-electron chi connectivity index (χ0n) is 11.7. The van der Waals surface area contributed by atoms with Gasteiger partial charge in [0.1, 0.15) is 18.4 Å². The SMILES string of the molecule is CCOP(=O)(O)COCCN1CC=Nc2c(N)ncnc21. The molecule has 0 amide bonds. The van der Waals surface area contributed by atoms with Crippen molar-refractivity contribution in [1.82, 2.24) is 9.97 Å². The number of nitrogen functional groups attached to an aromatic ring is 1. The van der Waals surface area contributed by atoms with Crippen LogP contribution < -0.4 is 10.6 Å². The molecule has 3 N–H and O–H groups in total. The van der Waals surface area contributed by atoms with Crippen molar-refractivity contribution in [2.75, 3.05) is 43.3 Å². The van der Waals surface area contributed by atoms with E-state index in [1.54, 1.807) is 13.1 Å². The lowest BCUT2D eigenvalue weighted by Gasteiger charge is -2.26. The Hall–Kier alpha value is -1.54. The van der Waals surface area contributed by atoms with E-state index in [4.69, 9.17) is 15.0 Å². The van der Waals surface area contributed by atoms with E-state index in [9.17, 15) is 9.46 Å². The standard InChI is InChI=1S/C11H18N5O4P/c1-2-20-21(17,18)8-19-6-5-16-4-3-13-9-10(12)14-7-15-11(9)16/h3,7H,2,4-6,8H2,1H3,(H,17,18)(H2,12,14,15). The minimum Gasteiger partial charge on any atom is -0.382 e. The van der Waals surface area contributed by atoms with Crippen molar-refractivity contribution in [3.63, 3.8) is 0 Å². The molecule has 21 heavy (non-hydrogen) atoms. The third-order valence-corrected chi connectivity index (χ3v) is 3.91. The molecule has 0 spiro atoms. The van der Waals surface area contributed by atoms with Gasteiger partial charge in [0.05, 0.1) is 19.8 Å². The van der Waals surface area contributed by atoms with Gasteiger partial charge >= 0.3 is 7.60 Å². The second-order valence-corrected chi connectivity index (χ2v) is 6.07. The number of rotatable bonds is 7. The number of hydrogen-bond donors (Lipinski definition) is 2. The predicted octanol–water partition coefficient (Wildman–Crippen LogP) is 0.777. The Labute approximate surface area is 122 Å². The van der Waals surface area contributed by atoms with Gasteiger partial charge in [-0.2, -0.15) is 0 Å². The first kappa shape index (κ1) is 15.8. The van der Waals surface area contributed by atoms with Crippen LogP contribution in [0.5, 0.6) is 0 Å². The van der Waals surface area contributed by atoms with Gasteiger partial charge in [0.15, 0.2) is 11.6 Å². The number of hydrogen-bond acceptors (Lipinski definition) is 8. The molecule has 0 fully saturated rings. The Morgan fingerprint density at radius 2 is 2.33 bits per heavy atom. The summed E-state index contributed by atoms with van der Waals surface area (Å²) in [7, 11) is -3.65. The number of aliphatic imine (C=N–C) groups is 1. The predicted molar refractivity (Wildman–Crippen MR) is 79.1 cm³/mol. The zero-order chi connectivity index (χ0) is 15.3. The fourth-order valence-corrected chi connectivity index (χ4v) is 2.68. The smallest absolute Gasteiger partial charge is 0.353 e. The largest absolute Gasteiger partial charge is 0.382 e. The van der Waals surface area contributed by atoms with Crippen LogP contribution in [0.3, 0.4) is 0 Å². The number of nitrogens with zero attached hydrogens (tertiary/aromatic N) is 4. The molecule has 0 aliphatic carbocycles. The molecular formula is C11H18N5O4P. The maximum absolute atomic E-state index is 11.4. The van der Waals surface area contributed by atoms with Crippen LogP contribution in [0.15, 0.2) is 11.3 Å². The highest BCUT2D eigenvalue weighted by molar-refractivity contribution is 7.52. The van der Waals surface area contributed by atoms with Crippen molar-refractivity contribution in [2.45, 2.75) is 6.92 Å². The summed E-state index contributed by atoms with van der Waals surface area (Å²) in [6.07, 6.45) is 2.75. The molecule has 0 bridgehead atoms. The molecule has 1 atom stereocenters. The fourth-order valence-electron chi connectivity index (χ4n) is 1.85. The van der Waals surface area contributed by atoms with E-state index < -0.39 is 7.60 Å². The first-order chi connectivity index (χ1) is 10.0. The average molecular weight is 315 g/mol. The van der Waals surface area contributed by atoms with Crippen LogP contribution in [-0.2, 0) is 13.8 Å². The van der Waals surface area contributed by atoms with Gasteiger partial charge in [-0.1, -0.05) is 0 Å². The molecule has 0 saturated heterocycles. The van der Waals surface area contributed by atoms with Crippen LogP contribution >= 0.6 is 7.60 Å². The minimum absolute atomic E-state index is 0.170.